The van der Waals surface area contributed by atoms with Crippen LogP contribution in [0.5, 0.6) is 0 Å². The molecule has 0 fully saturated rings. The summed E-state index contributed by atoms with van der Waals surface area (Å²) in [6.45, 7) is 3.97. The van der Waals surface area contributed by atoms with Crippen molar-refractivity contribution in [1.82, 2.24) is 0 Å². The van der Waals surface area contributed by atoms with Gasteiger partial charge in [0.2, 0.25) is 0 Å². The number of ether oxygens (including phenoxy) is 1. The molecule has 1 aromatic carbocycles. The summed E-state index contributed by atoms with van der Waals surface area (Å²) >= 11 is 3.54. The van der Waals surface area contributed by atoms with Crippen molar-refractivity contribution in [3.05, 3.63) is 29.3 Å². The number of hydrogen-bond donors (Lipinski definition) is 0. The largest absolute Gasteiger partial charge is 0.385 e. The molecule has 1 rings (SSSR count). The van der Waals surface area contributed by atoms with Crippen molar-refractivity contribution < 1.29 is 4.74 Å². The summed E-state index contributed by atoms with van der Waals surface area (Å²) in [5, 5.41) is 0.901. The quantitative estimate of drug-likeness (QED) is 0.587. The Bertz CT molecular complexity index is 328. The first kappa shape index (κ1) is 13.5. The summed E-state index contributed by atoms with van der Waals surface area (Å²) in [5.74, 6) is 0. The van der Waals surface area contributed by atoms with Crippen LogP contribution in [0.25, 0.3) is 0 Å². The summed E-state index contributed by atoms with van der Waals surface area (Å²) in [4.78, 5) is 2.29. The molecule has 0 atom stereocenters. The molecule has 0 N–H and O–H groups in total. The molecular formula is C13H20BrNO. The fourth-order valence-electron chi connectivity index (χ4n) is 1.76. The van der Waals surface area contributed by atoms with Crippen LogP contribution in [0.1, 0.15) is 17.5 Å². The van der Waals surface area contributed by atoms with E-state index in [0.29, 0.717) is 0 Å². The molecule has 2 nitrogen and oxygen atoms in total. The van der Waals surface area contributed by atoms with Gasteiger partial charge in [-0.2, -0.15) is 0 Å². The average molecular weight is 286 g/mol. The number of hydrogen-bond acceptors (Lipinski definition) is 2. The maximum atomic E-state index is 5.07. The number of nitrogens with zero attached hydrogens (tertiary/aromatic N) is 1. The smallest absolute Gasteiger partial charge is 0.0479 e. The lowest BCUT2D eigenvalue weighted by Crippen LogP contribution is -2.20. The maximum Gasteiger partial charge on any atom is 0.0479 e. The molecule has 0 aromatic heterocycles. The van der Waals surface area contributed by atoms with Crippen LogP contribution in [-0.2, 0) is 10.1 Å². The number of halogens is 1. The summed E-state index contributed by atoms with van der Waals surface area (Å²) in [6.07, 6.45) is 1.06. The van der Waals surface area contributed by atoms with Gasteiger partial charge in [-0.05, 0) is 25.0 Å². The minimum atomic E-state index is 0.819. The second kappa shape index (κ2) is 6.92. The van der Waals surface area contributed by atoms with Crippen molar-refractivity contribution in [2.24, 2.45) is 0 Å². The number of alkyl halides is 1. The Morgan fingerprint density at radius 3 is 2.75 bits per heavy atom. The van der Waals surface area contributed by atoms with E-state index in [1.807, 2.05) is 0 Å². The Morgan fingerprint density at radius 2 is 2.12 bits per heavy atom. The Hall–Kier alpha value is -0.540. The number of benzene rings is 1. The van der Waals surface area contributed by atoms with Gasteiger partial charge in [-0.1, -0.05) is 33.6 Å². The van der Waals surface area contributed by atoms with Gasteiger partial charge in [0.25, 0.3) is 0 Å². The molecule has 0 saturated heterocycles. The highest BCUT2D eigenvalue weighted by molar-refractivity contribution is 9.08. The fraction of sp³-hybridized carbons (Fsp3) is 0.538. The first-order valence-corrected chi connectivity index (χ1v) is 6.66. The molecule has 0 aliphatic carbocycles. The highest BCUT2D eigenvalue weighted by atomic mass is 79.9. The third-order valence-corrected chi connectivity index (χ3v) is 3.24. The molecule has 16 heavy (non-hydrogen) atoms. The van der Waals surface area contributed by atoms with Crippen molar-refractivity contribution in [3.63, 3.8) is 0 Å². The Balaban J connectivity index is 2.70. The zero-order valence-electron chi connectivity index (χ0n) is 10.3. The monoisotopic (exact) mass is 285 g/mol. The first-order chi connectivity index (χ1) is 7.69. The average Bonchev–Trinajstić information content (AvgIpc) is 2.29. The lowest BCUT2D eigenvalue weighted by Gasteiger charge is -2.22. The van der Waals surface area contributed by atoms with Crippen LogP contribution in [0, 0.1) is 6.92 Å². The van der Waals surface area contributed by atoms with Crippen molar-refractivity contribution in [3.8, 4) is 0 Å². The molecule has 1 aromatic rings. The fourth-order valence-corrected chi connectivity index (χ4v) is 2.21. The molecule has 0 aliphatic rings. The number of methoxy groups -OCH3 is 1. The lowest BCUT2D eigenvalue weighted by atomic mass is 10.1. The highest BCUT2D eigenvalue weighted by Gasteiger charge is 2.06. The van der Waals surface area contributed by atoms with E-state index in [4.69, 9.17) is 4.74 Å². The van der Waals surface area contributed by atoms with Crippen LogP contribution < -0.4 is 4.90 Å². The van der Waals surface area contributed by atoms with Gasteiger partial charge in [-0.15, -0.1) is 0 Å². The third kappa shape index (κ3) is 3.80. The van der Waals surface area contributed by atoms with E-state index in [1.165, 1.54) is 16.8 Å². The van der Waals surface area contributed by atoms with Gasteiger partial charge in [-0.25, -0.2) is 0 Å². The molecule has 0 saturated carbocycles. The second-order valence-electron chi connectivity index (χ2n) is 4.03. The molecule has 0 aliphatic heterocycles. The minimum Gasteiger partial charge on any atom is -0.385 e. The summed E-state index contributed by atoms with van der Waals surface area (Å²) in [7, 11) is 3.88. The molecular weight excluding hydrogens is 266 g/mol. The highest BCUT2D eigenvalue weighted by Crippen LogP contribution is 2.23. The molecule has 0 unspecified atom stereocenters. The first-order valence-electron chi connectivity index (χ1n) is 5.54. The number of anilines is 1. The molecule has 0 spiro atoms. The van der Waals surface area contributed by atoms with E-state index in [0.717, 1.165) is 24.9 Å². The van der Waals surface area contributed by atoms with Gasteiger partial charge in [0.05, 0.1) is 0 Å². The minimum absolute atomic E-state index is 0.819. The Kier molecular flexibility index (Phi) is 5.85. The number of aryl methyl sites for hydroxylation is 1. The van der Waals surface area contributed by atoms with Crippen molar-refractivity contribution in [1.29, 1.82) is 0 Å². The summed E-state index contributed by atoms with van der Waals surface area (Å²) < 4.78 is 5.07. The predicted molar refractivity (Wildman–Crippen MR) is 73.6 cm³/mol. The topological polar surface area (TPSA) is 12.5 Å². The van der Waals surface area contributed by atoms with Gasteiger partial charge in [0.1, 0.15) is 0 Å². The van der Waals surface area contributed by atoms with Crippen LogP contribution in [-0.4, -0.2) is 27.3 Å². The van der Waals surface area contributed by atoms with Crippen molar-refractivity contribution >= 4 is 21.6 Å². The zero-order valence-corrected chi connectivity index (χ0v) is 11.9. The molecule has 0 radical (unpaired) electrons. The third-order valence-electron chi connectivity index (χ3n) is 2.63. The van der Waals surface area contributed by atoms with E-state index in [-0.39, 0.29) is 0 Å². The zero-order chi connectivity index (χ0) is 12.0. The van der Waals surface area contributed by atoms with E-state index < -0.39 is 0 Å². The van der Waals surface area contributed by atoms with E-state index in [9.17, 15) is 0 Å². The molecule has 3 heteroatoms. The molecule has 0 bridgehead atoms. The standard InChI is InChI=1S/C13H20BrNO/c1-11-5-6-13(12(9-11)10-14)15(2)7-4-8-16-3/h5-6,9H,4,7-8,10H2,1-3H3. The van der Waals surface area contributed by atoms with Gasteiger partial charge < -0.3 is 9.64 Å². The van der Waals surface area contributed by atoms with Gasteiger partial charge in [-0.3, -0.25) is 0 Å². The van der Waals surface area contributed by atoms with E-state index in [2.05, 4.69) is 53.0 Å². The predicted octanol–water partition coefficient (Wildman–Crippen LogP) is 3.36. The summed E-state index contributed by atoms with van der Waals surface area (Å²) in [5.41, 5.74) is 3.96. The van der Waals surface area contributed by atoms with Gasteiger partial charge in [0.15, 0.2) is 0 Å². The Labute approximate surface area is 107 Å². The lowest BCUT2D eigenvalue weighted by molar-refractivity contribution is 0.196. The van der Waals surface area contributed by atoms with Crippen molar-refractivity contribution in [2.45, 2.75) is 18.7 Å². The van der Waals surface area contributed by atoms with Crippen LogP contribution in [0.3, 0.4) is 0 Å². The Morgan fingerprint density at radius 1 is 1.38 bits per heavy atom. The summed E-state index contributed by atoms with van der Waals surface area (Å²) in [6, 6.07) is 6.59. The second-order valence-corrected chi connectivity index (χ2v) is 4.59. The van der Waals surface area contributed by atoms with E-state index in [1.54, 1.807) is 7.11 Å². The van der Waals surface area contributed by atoms with Crippen molar-refractivity contribution in [2.75, 3.05) is 32.2 Å². The van der Waals surface area contributed by atoms with Crippen LogP contribution >= 0.6 is 15.9 Å². The van der Waals surface area contributed by atoms with Crippen LogP contribution in [0.4, 0.5) is 5.69 Å². The van der Waals surface area contributed by atoms with Crippen LogP contribution in [0.2, 0.25) is 0 Å². The molecule has 0 amide bonds. The van der Waals surface area contributed by atoms with E-state index >= 15 is 0 Å². The molecule has 0 heterocycles. The molecule has 90 valence electrons. The van der Waals surface area contributed by atoms with Gasteiger partial charge >= 0.3 is 0 Å². The van der Waals surface area contributed by atoms with Gasteiger partial charge in [0, 0.05) is 38.3 Å². The maximum absolute atomic E-state index is 5.07. The number of rotatable bonds is 6. The normalized spacial score (nSPS) is 10.5. The van der Waals surface area contributed by atoms with Crippen LogP contribution in [0.15, 0.2) is 18.2 Å². The SMILES string of the molecule is COCCCN(C)c1ccc(C)cc1CBr.